The van der Waals surface area contributed by atoms with E-state index < -0.39 is 17.3 Å². The minimum atomic E-state index is -4.67. The molecule has 0 spiro atoms. The van der Waals surface area contributed by atoms with Crippen molar-refractivity contribution in [1.82, 2.24) is 24.0 Å². The Bertz CT molecular complexity index is 1780. The Morgan fingerprint density at radius 3 is 2.73 bits per heavy atom. The Labute approximate surface area is 249 Å². The van der Waals surface area contributed by atoms with Crippen molar-refractivity contribution in [2.24, 2.45) is 14.1 Å². The van der Waals surface area contributed by atoms with Crippen LogP contribution in [0.4, 0.5) is 24.8 Å². The number of nitrogens with two attached hydrogens (primary N) is 1. The van der Waals surface area contributed by atoms with Gasteiger partial charge < -0.3 is 34.1 Å². The number of imidazole rings is 1. The van der Waals surface area contributed by atoms with Gasteiger partial charge in [-0.05, 0) is 12.1 Å². The minimum Gasteiger partial charge on any atom is -0.487 e. The molecule has 3 aromatic rings. The molecule has 2 aliphatic heterocycles. The molecule has 0 saturated carbocycles. The fourth-order valence-corrected chi connectivity index (χ4v) is 4.65. The fraction of sp³-hybridized carbons (Fsp3) is 0.321. The second-order valence-electron chi connectivity index (χ2n) is 9.89. The number of quaternary nitrogens is 1. The molecule has 13 nitrogen and oxygen atoms in total. The summed E-state index contributed by atoms with van der Waals surface area (Å²) < 4.78 is 59.4. The number of morpholine rings is 1. The zero-order valence-corrected chi connectivity index (χ0v) is 23.8. The van der Waals surface area contributed by atoms with E-state index in [-0.39, 0.29) is 39.9 Å². The van der Waals surface area contributed by atoms with Crippen LogP contribution in [0.2, 0.25) is 0 Å². The highest BCUT2D eigenvalue weighted by Crippen LogP contribution is 2.32. The molecule has 0 radical (unpaired) electrons. The van der Waals surface area contributed by atoms with Gasteiger partial charge >= 0.3 is 6.18 Å². The van der Waals surface area contributed by atoms with E-state index in [0.717, 1.165) is 30.4 Å². The minimum absolute atomic E-state index is 0.0157. The van der Waals surface area contributed by atoms with Gasteiger partial charge in [0.15, 0.2) is 22.9 Å². The molecule has 0 aromatic carbocycles. The molecular weight excluding hydrogens is 583 g/mol. The molecule has 0 atom stereocenters. The van der Waals surface area contributed by atoms with Gasteiger partial charge in [-0.2, -0.15) is 23.4 Å². The first-order valence-corrected chi connectivity index (χ1v) is 13.5. The molecule has 0 amide bonds. The SMILES string of the molecule is Cn1cc(C(F)(F)F)cc(Nc2nc3ncc(O/C(C=N)=C4\C=CC(OCCN5CCOCC5)=C[NH2+]4)c(C#N)c3n2C)c1=O. The Balaban J connectivity index is 1.35. The van der Waals surface area contributed by atoms with Crippen molar-refractivity contribution in [2.75, 3.05) is 44.8 Å². The number of rotatable bonds is 9. The van der Waals surface area contributed by atoms with E-state index in [2.05, 4.69) is 26.3 Å². The molecule has 1 saturated heterocycles. The van der Waals surface area contributed by atoms with Crippen molar-refractivity contribution in [3.63, 3.8) is 0 Å². The number of anilines is 2. The van der Waals surface area contributed by atoms with E-state index in [1.807, 2.05) is 0 Å². The summed E-state index contributed by atoms with van der Waals surface area (Å²) in [6.07, 6.45) is 3.54. The lowest BCUT2D eigenvalue weighted by Gasteiger charge is -2.26. The molecule has 4 N–H and O–H groups in total. The van der Waals surface area contributed by atoms with Gasteiger partial charge in [-0.1, -0.05) is 0 Å². The Hall–Kier alpha value is -4.98. The van der Waals surface area contributed by atoms with Crippen LogP contribution in [0.5, 0.6) is 5.75 Å². The van der Waals surface area contributed by atoms with Gasteiger partial charge in [0.05, 0.1) is 31.2 Å². The molecule has 5 heterocycles. The number of nitrogens with one attached hydrogen (secondary N) is 2. The van der Waals surface area contributed by atoms with Gasteiger partial charge in [0.2, 0.25) is 11.7 Å². The van der Waals surface area contributed by atoms with Gasteiger partial charge in [0.1, 0.15) is 35.6 Å². The van der Waals surface area contributed by atoms with Crippen LogP contribution in [0, 0.1) is 16.7 Å². The summed E-state index contributed by atoms with van der Waals surface area (Å²) in [6.45, 7) is 4.46. The molecule has 0 unspecified atom stereocenters. The van der Waals surface area contributed by atoms with Crippen LogP contribution in [-0.4, -0.2) is 69.7 Å². The second kappa shape index (κ2) is 12.7. The molecule has 44 heavy (non-hydrogen) atoms. The summed E-state index contributed by atoms with van der Waals surface area (Å²) in [5.41, 5.74) is -1.20. The van der Waals surface area contributed by atoms with Crippen LogP contribution in [0.25, 0.3) is 11.2 Å². The lowest BCUT2D eigenvalue weighted by Crippen LogP contribution is -2.77. The maximum absolute atomic E-state index is 13.3. The molecule has 3 aromatic heterocycles. The molecule has 2 aliphatic rings. The maximum Gasteiger partial charge on any atom is 0.417 e. The second-order valence-corrected chi connectivity index (χ2v) is 9.89. The van der Waals surface area contributed by atoms with Crippen molar-refractivity contribution in [3.05, 3.63) is 75.5 Å². The summed E-state index contributed by atoms with van der Waals surface area (Å²) in [6, 6.07) is 2.75. The predicted octanol–water partition coefficient (Wildman–Crippen LogP) is 1.86. The lowest BCUT2D eigenvalue weighted by atomic mass is 10.2. The molecule has 0 aliphatic carbocycles. The average molecular weight is 613 g/mol. The smallest absolute Gasteiger partial charge is 0.417 e. The first-order chi connectivity index (χ1) is 21.1. The van der Waals surface area contributed by atoms with E-state index in [9.17, 15) is 23.2 Å². The molecule has 16 heteroatoms. The van der Waals surface area contributed by atoms with E-state index in [1.165, 1.54) is 24.9 Å². The Morgan fingerprint density at radius 1 is 1.30 bits per heavy atom. The number of aryl methyl sites for hydroxylation is 2. The van der Waals surface area contributed by atoms with Crippen LogP contribution < -0.4 is 20.9 Å². The summed E-state index contributed by atoms with van der Waals surface area (Å²) in [5, 5.41) is 22.3. The summed E-state index contributed by atoms with van der Waals surface area (Å²) >= 11 is 0. The molecule has 230 valence electrons. The topological polar surface area (TPSA) is 160 Å². The molecule has 1 fully saturated rings. The first-order valence-electron chi connectivity index (χ1n) is 13.5. The van der Waals surface area contributed by atoms with E-state index >= 15 is 0 Å². The highest BCUT2D eigenvalue weighted by atomic mass is 19.4. The number of ether oxygens (including phenoxy) is 3. The van der Waals surface area contributed by atoms with Gasteiger partial charge in [0, 0.05) is 46.0 Å². The number of pyridine rings is 2. The zero-order valence-electron chi connectivity index (χ0n) is 23.8. The Morgan fingerprint density at radius 2 is 2.07 bits per heavy atom. The lowest BCUT2D eigenvalue weighted by molar-refractivity contribution is -0.534. The standard InChI is InChI=1S/C28H28F3N9O4/c1-38-16-17(28(29,30)31)11-21(26(38)41)36-27-37-25-24(39(27)2)19(12-32)23(15-35-25)44-22(13-33)20-4-3-18(14-34-20)43-10-7-40-5-8-42-9-6-40/h3-4,11,13-16,33-34H,5-10H2,1-2H3,(H,35,36,37)/p+1/b22-20+,33-13?. The third-order valence-electron chi connectivity index (χ3n) is 7.00. The number of hydrogen-bond donors (Lipinski definition) is 3. The fourth-order valence-electron chi connectivity index (χ4n) is 4.65. The van der Waals surface area contributed by atoms with Gasteiger partial charge in [-0.25, -0.2) is 4.98 Å². The van der Waals surface area contributed by atoms with Gasteiger partial charge in [0.25, 0.3) is 5.56 Å². The van der Waals surface area contributed by atoms with E-state index in [0.29, 0.717) is 43.5 Å². The van der Waals surface area contributed by atoms with Crippen molar-refractivity contribution in [2.45, 2.75) is 6.18 Å². The number of aromatic nitrogens is 4. The maximum atomic E-state index is 13.3. The largest absolute Gasteiger partial charge is 0.487 e. The van der Waals surface area contributed by atoms with Crippen molar-refractivity contribution < 1.29 is 32.7 Å². The van der Waals surface area contributed by atoms with Crippen molar-refractivity contribution >= 4 is 29.0 Å². The average Bonchev–Trinajstić information content (AvgIpc) is 3.33. The number of nitrogens with zero attached hydrogens (tertiary/aromatic N) is 6. The van der Waals surface area contributed by atoms with Crippen LogP contribution in [0.1, 0.15) is 11.1 Å². The van der Waals surface area contributed by atoms with Gasteiger partial charge in [-0.3, -0.25) is 15.0 Å². The van der Waals surface area contributed by atoms with Crippen LogP contribution in [0.15, 0.2) is 58.8 Å². The third kappa shape index (κ3) is 6.49. The normalized spacial score (nSPS) is 16.8. The highest BCUT2D eigenvalue weighted by Gasteiger charge is 2.32. The van der Waals surface area contributed by atoms with Crippen LogP contribution >= 0.6 is 0 Å². The van der Waals surface area contributed by atoms with Crippen LogP contribution in [-0.2, 0) is 29.7 Å². The summed E-state index contributed by atoms with van der Waals surface area (Å²) in [4.78, 5) is 23.3. The molecular formula is C28H29F3N9O4+. The monoisotopic (exact) mass is 612 g/mol. The first kappa shape index (κ1) is 30.5. The van der Waals surface area contributed by atoms with Crippen molar-refractivity contribution in [1.29, 1.82) is 10.7 Å². The quantitative estimate of drug-likeness (QED) is 0.242. The van der Waals surface area contributed by atoms with E-state index in [4.69, 9.17) is 19.6 Å². The summed E-state index contributed by atoms with van der Waals surface area (Å²) in [7, 11) is 2.72. The predicted molar refractivity (Wildman–Crippen MR) is 152 cm³/mol. The third-order valence-corrected chi connectivity index (χ3v) is 7.00. The zero-order chi connectivity index (χ0) is 31.4. The van der Waals surface area contributed by atoms with Crippen molar-refractivity contribution in [3.8, 4) is 11.8 Å². The van der Waals surface area contributed by atoms with Gasteiger partial charge in [-0.15, -0.1) is 0 Å². The van der Waals surface area contributed by atoms with E-state index in [1.54, 1.807) is 23.7 Å². The molecule has 0 bridgehead atoms. The number of fused-ring (bicyclic) bond motifs is 1. The van der Waals surface area contributed by atoms with Crippen LogP contribution in [0.3, 0.4) is 0 Å². The number of hydrogen-bond acceptors (Lipinski definition) is 10. The molecule has 5 rings (SSSR count). The number of alkyl halides is 3. The highest BCUT2D eigenvalue weighted by molar-refractivity contribution is 5.85. The Kier molecular flexibility index (Phi) is 8.81. The number of allylic oxidation sites excluding steroid dienone is 3. The number of nitriles is 1. The summed E-state index contributed by atoms with van der Waals surface area (Å²) in [5.74, 6) is 0.806. The number of halogens is 3.